The Hall–Kier alpha value is -1.08. The summed E-state index contributed by atoms with van der Waals surface area (Å²) in [6, 6.07) is 0. The minimum atomic E-state index is -0.842. The molecule has 1 N–H and O–H groups in total. The van der Waals surface area contributed by atoms with Crippen LogP contribution in [0.2, 0.25) is 0 Å². The van der Waals surface area contributed by atoms with Crippen LogP contribution in [0.3, 0.4) is 0 Å². The summed E-state index contributed by atoms with van der Waals surface area (Å²) in [5.74, 6) is 0.0615. The monoisotopic (exact) mass is 301 g/mol. The molecule has 0 unspecified atom stereocenters. The van der Waals surface area contributed by atoms with Crippen LogP contribution < -0.4 is 0 Å². The molecular formula is C13H23N3O3S. The molecule has 0 radical (unpaired) electrons. The first-order valence-corrected chi connectivity index (χ1v) is 8.02. The highest BCUT2D eigenvalue weighted by Gasteiger charge is 2.12. The summed E-state index contributed by atoms with van der Waals surface area (Å²) in [5.41, 5.74) is 0. The maximum atomic E-state index is 10.6. The van der Waals surface area contributed by atoms with Crippen LogP contribution in [-0.4, -0.2) is 44.8 Å². The summed E-state index contributed by atoms with van der Waals surface area (Å²) in [4.78, 5) is 10.6. The number of carbonyl (C=O) groups is 1. The van der Waals surface area contributed by atoms with Crippen LogP contribution in [0.4, 0.5) is 0 Å². The van der Waals surface area contributed by atoms with E-state index in [1.807, 2.05) is 11.5 Å². The van der Waals surface area contributed by atoms with Crippen molar-refractivity contribution in [3.63, 3.8) is 0 Å². The van der Waals surface area contributed by atoms with Crippen molar-refractivity contribution in [2.75, 3.05) is 19.0 Å². The highest BCUT2D eigenvalue weighted by Crippen LogP contribution is 2.17. The molecule has 0 aliphatic heterocycles. The average molecular weight is 301 g/mol. The Labute approximate surface area is 123 Å². The van der Waals surface area contributed by atoms with E-state index >= 15 is 0 Å². The van der Waals surface area contributed by atoms with Gasteiger partial charge < -0.3 is 14.4 Å². The van der Waals surface area contributed by atoms with Gasteiger partial charge in [0.25, 0.3) is 0 Å². The second-order valence-corrected chi connectivity index (χ2v) is 5.35. The summed E-state index contributed by atoms with van der Waals surface area (Å²) in [6.45, 7) is 6.44. The van der Waals surface area contributed by atoms with Crippen molar-refractivity contribution >= 4 is 17.7 Å². The number of unbranched alkanes of at least 4 members (excludes halogenated alkanes) is 1. The van der Waals surface area contributed by atoms with Crippen molar-refractivity contribution in [1.29, 1.82) is 0 Å². The number of rotatable bonds is 11. The van der Waals surface area contributed by atoms with Gasteiger partial charge in [-0.25, -0.2) is 0 Å². The van der Waals surface area contributed by atoms with Gasteiger partial charge in [-0.2, -0.15) is 0 Å². The van der Waals surface area contributed by atoms with Crippen molar-refractivity contribution in [2.24, 2.45) is 0 Å². The van der Waals surface area contributed by atoms with E-state index in [0.717, 1.165) is 44.7 Å². The van der Waals surface area contributed by atoms with Gasteiger partial charge in [0.05, 0.1) is 5.75 Å². The number of thioether (sulfide) groups is 1. The molecule has 0 aliphatic rings. The second-order valence-electron chi connectivity index (χ2n) is 4.41. The molecule has 114 valence electrons. The molecule has 0 amide bonds. The van der Waals surface area contributed by atoms with Crippen LogP contribution >= 0.6 is 11.8 Å². The smallest absolute Gasteiger partial charge is 0.313 e. The highest BCUT2D eigenvalue weighted by atomic mass is 32.2. The van der Waals surface area contributed by atoms with Gasteiger partial charge in [0.2, 0.25) is 0 Å². The highest BCUT2D eigenvalue weighted by molar-refractivity contribution is 7.99. The second kappa shape index (κ2) is 9.77. The lowest BCUT2D eigenvalue weighted by atomic mass is 10.3. The molecule has 1 aromatic rings. The van der Waals surface area contributed by atoms with Gasteiger partial charge in [0.1, 0.15) is 5.82 Å². The van der Waals surface area contributed by atoms with Gasteiger partial charge in [0.15, 0.2) is 5.16 Å². The fourth-order valence-electron chi connectivity index (χ4n) is 1.71. The number of hydrogen-bond acceptors (Lipinski definition) is 5. The molecule has 7 heteroatoms. The average Bonchev–Trinajstić information content (AvgIpc) is 2.82. The summed E-state index contributed by atoms with van der Waals surface area (Å²) >= 11 is 1.21. The molecule has 0 bridgehead atoms. The van der Waals surface area contributed by atoms with Crippen LogP contribution in [-0.2, 0) is 22.5 Å². The number of aliphatic carboxylic acids is 1. The lowest BCUT2D eigenvalue weighted by Gasteiger charge is -2.09. The normalized spacial score (nSPS) is 10.9. The van der Waals surface area contributed by atoms with Gasteiger partial charge >= 0.3 is 5.97 Å². The number of hydrogen-bond donors (Lipinski definition) is 1. The molecule has 0 spiro atoms. The molecule has 1 aromatic heterocycles. The van der Waals surface area contributed by atoms with Crippen LogP contribution in [0.15, 0.2) is 5.16 Å². The summed E-state index contributed by atoms with van der Waals surface area (Å²) in [5, 5.41) is 17.6. The van der Waals surface area contributed by atoms with Crippen molar-refractivity contribution < 1.29 is 14.6 Å². The quantitative estimate of drug-likeness (QED) is 0.499. The lowest BCUT2D eigenvalue weighted by Crippen LogP contribution is -2.09. The number of nitrogens with zero attached hydrogens (tertiary/aromatic N) is 3. The third-order valence-electron chi connectivity index (χ3n) is 2.75. The van der Waals surface area contributed by atoms with Gasteiger partial charge in [-0.15, -0.1) is 10.2 Å². The van der Waals surface area contributed by atoms with E-state index in [4.69, 9.17) is 9.84 Å². The Morgan fingerprint density at radius 3 is 2.70 bits per heavy atom. The molecule has 1 heterocycles. The lowest BCUT2D eigenvalue weighted by molar-refractivity contribution is -0.133. The van der Waals surface area contributed by atoms with E-state index in [-0.39, 0.29) is 5.75 Å². The Morgan fingerprint density at radius 2 is 2.05 bits per heavy atom. The van der Waals surface area contributed by atoms with Crippen molar-refractivity contribution in [2.45, 2.75) is 51.2 Å². The standard InChI is InChI=1S/C13H23N3O3S/c1-3-5-8-19-9-6-7-16-11(4-2)14-15-13(16)20-10-12(17)18/h3-10H2,1-2H3,(H,17,18). The van der Waals surface area contributed by atoms with Gasteiger partial charge in [0, 0.05) is 26.2 Å². The Balaban J connectivity index is 2.44. The third kappa shape index (κ3) is 5.92. The predicted molar refractivity (Wildman–Crippen MR) is 78.1 cm³/mol. The number of aryl methyl sites for hydroxylation is 1. The topological polar surface area (TPSA) is 77.2 Å². The molecule has 20 heavy (non-hydrogen) atoms. The van der Waals surface area contributed by atoms with Crippen LogP contribution in [0, 0.1) is 0 Å². The summed E-state index contributed by atoms with van der Waals surface area (Å²) < 4.78 is 7.53. The number of ether oxygens (including phenoxy) is 1. The summed E-state index contributed by atoms with van der Waals surface area (Å²) in [7, 11) is 0. The first-order valence-electron chi connectivity index (χ1n) is 7.03. The SMILES string of the molecule is CCCCOCCCn1c(CC)nnc1SCC(=O)O. The van der Waals surface area contributed by atoms with E-state index in [1.54, 1.807) is 0 Å². The molecule has 0 aliphatic carbocycles. The largest absolute Gasteiger partial charge is 0.481 e. The molecule has 0 saturated carbocycles. The molecule has 0 aromatic carbocycles. The van der Waals surface area contributed by atoms with Gasteiger partial charge in [-0.05, 0) is 12.8 Å². The minimum Gasteiger partial charge on any atom is -0.481 e. The number of aromatic nitrogens is 3. The fraction of sp³-hybridized carbons (Fsp3) is 0.769. The first-order chi connectivity index (χ1) is 9.69. The molecule has 0 saturated heterocycles. The Morgan fingerprint density at radius 1 is 1.30 bits per heavy atom. The van der Waals surface area contributed by atoms with Crippen LogP contribution in [0.25, 0.3) is 0 Å². The van der Waals surface area contributed by atoms with Crippen molar-refractivity contribution in [3.05, 3.63) is 5.82 Å². The van der Waals surface area contributed by atoms with Crippen molar-refractivity contribution in [3.8, 4) is 0 Å². The minimum absolute atomic E-state index is 0.00878. The molecule has 1 rings (SSSR count). The Bertz CT molecular complexity index is 410. The molecule has 0 fully saturated rings. The van der Waals surface area contributed by atoms with E-state index < -0.39 is 5.97 Å². The van der Waals surface area contributed by atoms with Crippen molar-refractivity contribution in [1.82, 2.24) is 14.8 Å². The molecule has 6 nitrogen and oxygen atoms in total. The zero-order valence-electron chi connectivity index (χ0n) is 12.2. The predicted octanol–water partition coefficient (Wildman–Crippen LogP) is 2.22. The van der Waals surface area contributed by atoms with E-state index in [2.05, 4.69) is 17.1 Å². The van der Waals surface area contributed by atoms with Gasteiger partial charge in [-0.3, -0.25) is 4.79 Å². The zero-order valence-corrected chi connectivity index (χ0v) is 13.0. The maximum absolute atomic E-state index is 10.6. The number of carboxylic acid groups (broad SMARTS) is 1. The first kappa shape index (κ1) is 17.0. The number of carboxylic acids is 1. The van der Waals surface area contributed by atoms with E-state index in [9.17, 15) is 4.79 Å². The van der Waals surface area contributed by atoms with Crippen LogP contribution in [0.5, 0.6) is 0 Å². The molecule has 0 atom stereocenters. The third-order valence-corrected chi connectivity index (χ3v) is 3.70. The zero-order chi connectivity index (χ0) is 14.8. The van der Waals surface area contributed by atoms with Gasteiger partial charge in [-0.1, -0.05) is 32.0 Å². The Kier molecular flexibility index (Phi) is 8.29. The van der Waals surface area contributed by atoms with E-state index in [0.29, 0.717) is 11.8 Å². The van der Waals surface area contributed by atoms with Crippen LogP contribution in [0.1, 0.15) is 38.9 Å². The summed E-state index contributed by atoms with van der Waals surface area (Å²) in [6.07, 6.45) is 3.90. The maximum Gasteiger partial charge on any atom is 0.313 e. The fourth-order valence-corrected chi connectivity index (χ4v) is 2.42. The molecular weight excluding hydrogens is 278 g/mol. The van der Waals surface area contributed by atoms with E-state index in [1.165, 1.54) is 11.8 Å².